The van der Waals surface area contributed by atoms with Crippen LogP contribution < -0.4 is 5.32 Å². The van der Waals surface area contributed by atoms with E-state index in [-0.39, 0.29) is 0 Å². The summed E-state index contributed by atoms with van der Waals surface area (Å²) in [4.78, 5) is 0. The largest absolute Gasteiger partial charge is 0.310 e. The van der Waals surface area contributed by atoms with Crippen molar-refractivity contribution in [2.45, 2.75) is 59.4 Å². The monoisotopic (exact) mass is 247 g/mol. The maximum atomic E-state index is 3.70. The zero-order valence-corrected chi connectivity index (χ0v) is 12.5. The molecule has 0 saturated heterocycles. The normalized spacial score (nSPS) is 14.4. The maximum absolute atomic E-state index is 3.70. The Morgan fingerprint density at radius 2 is 1.89 bits per heavy atom. The van der Waals surface area contributed by atoms with Crippen molar-refractivity contribution in [1.29, 1.82) is 0 Å². The van der Waals surface area contributed by atoms with Crippen molar-refractivity contribution in [3.63, 3.8) is 0 Å². The van der Waals surface area contributed by atoms with Gasteiger partial charge in [0.1, 0.15) is 0 Å². The summed E-state index contributed by atoms with van der Waals surface area (Å²) in [5, 5.41) is 3.70. The summed E-state index contributed by atoms with van der Waals surface area (Å²) in [6.07, 6.45) is 5.32. The fraction of sp³-hybridized carbons (Fsp3) is 0.647. The molecule has 2 atom stereocenters. The fourth-order valence-corrected chi connectivity index (χ4v) is 2.47. The lowest BCUT2D eigenvalue weighted by molar-refractivity contribution is 0.398. The summed E-state index contributed by atoms with van der Waals surface area (Å²) in [6.45, 7) is 10.2. The van der Waals surface area contributed by atoms with Crippen molar-refractivity contribution < 1.29 is 0 Å². The van der Waals surface area contributed by atoms with Gasteiger partial charge in [-0.1, -0.05) is 57.4 Å². The van der Waals surface area contributed by atoms with E-state index in [9.17, 15) is 0 Å². The lowest BCUT2D eigenvalue weighted by Crippen LogP contribution is -2.26. The fourth-order valence-electron chi connectivity index (χ4n) is 2.47. The molecule has 2 unspecified atom stereocenters. The molecule has 18 heavy (non-hydrogen) atoms. The van der Waals surface area contributed by atoms with Crippen molar-refractivity contribution in [2.24, 2.45) is 5.92 Å². The molecule has 0 radical (unpaired) electrons. The third kappa shape index (κ3) is 4.81. The predicted octanol–water partition coefficient (Wildman–Crippen LogP) is 4.86. The molecule has 1 N–H and O–H groups in total. The Labute approximate surface area is 113 Å². The minimum absolute atomic E-state index is 0.460. The van der Waals surface area contributed by atoms with E-state index in [0.717, 1.165) is 12.5 Å². The van der Waals surface area contributed by atoms with Gasteiger partial charge in [0.2, 0.25) is 0 Å². The topological polar surface area (TPSA) is 12.0 Å². The molecule has 1 aromatic carbocycles. The van der Waals surface area contributed by atoms with Gasteiger partial charge in [-0.05, 0) is 43.9 Å². The van der Waals surface area contributed by atoms with Crippen LogP contribution in [0, 0.1) is 12.8 Å². The first-order valence-electron chi connectivity index (χ1n) is 7.47. The van der Waals surface area contributed by atoms with Crippen molar-refractivity contribution >= 4 is 0 Å². The SMILES string of the molecule is CCCCC(CC)CNC(C)c1ccccc1C. The molecule has 0 fully saturated rings. The Bertz CT molecular complexity index is 332. The first-order chi connectivity index (χ1) is 8.69. The van der Waals surface area contributed by atoms with Gasteiger partial charge in [-0.2, -0.15) is 0 Å². The number of aryl methyl sites for hydroxylation is 1. The van der Waals surface area contributed by atoms with E-state index >= 15 is 0 Å². The highest BCUT2D eigenvalue weighted by molar-refractivity contribution is 5.28. The van der Waals surface area contributed by atoms with Gasteiger partial charge < -0.3 is 5.32 Å². The van der Waals surface area contributed by atoms with Gasteiger partial charge >= 0.3 is 0 Å². The van der Waals surface area contributed by atoms with Gasteiger partial charge in [0.25, 0.3) is 0 Å². The van der Waals surface area contributed by atoms with Crippen molar-refractivity contribution in [3.05, 3.63) is 35.4 Å². The molecule has 0 aromatic heterocycles. The maximum Gasteiger partial charge on any atom is 0.0294 e. The number of unbranched alkanes of at least 4 members (excludes halogenated alkanes) is 1. The average Bonchev–Trinajstić information content (AvgIpc) is 2.39. The second-order valence-electron chi connectivity index (χ2n) is 5.40. The molecule has 1 aromatic rings. The molecular formula is C17H29N. The molecule has 1 rings (SSSR count). The highest BCUT2D eigenvalue weighted by atomic mass is 14.9. The molecule has 0 aliphatic rings. The summed E-state index contributed by atoms with van der Waals surface area (Å²) in [5.74, 6) is 0.830. The smallest absolute Gasteiger partial charge is 0.0294 e. The quantitative estimate of drug-likeness (QED) is 0.691. The number of rotatable bonds is 8. The van der Waals surface area contributed by atoms with Crippen LogP contribution >= 0.6 is 0 Å². The Hall–Kier alpha value is -0.820. The summed E-state index contributed by atoms with van der Waals surface area (Å²) in [5.41, 5.74) is 2.82. The van der Waals surface area contributed by atoms with E-state index < -0.39 is 0 Å². The minimum Gasteiger partial charge on any atom is -0.310 e. The third-order valence-electron chi connectivity index (χ3n) is 3.91. The molecule has 0 aliphatic heterocycles. The Balaban J connectivity index is 2.44. The summed E-state index contributed by atoms with van der Waals surface area (Å²) in [6, 6.07) is 9.14. The molecule has 1 heteroatoms. The molecule has 0 heterocycles. The Kier molecular flexibility index (Phi) is 7.04. The van der Waals surface area contributed by atoms with Crippen LogP contribution in [-0.2, 0) is 0 Å². The first kappa shape index (κ1) is 15.2. The van der Waals surface area contributed by atoms with E-state index in [2.05, 4.69) is 57.3 Å². The van der Waals surface area contributed by atoms with E-state index in [1.807, 2.05) is 0 Å². The third-order valence-corrected chi connectivity index (χ3v) is 3.91. The zero-order chi connectivity index (χ0) is 13.4. The molecule has 0 amide bonds. The molecular weight excluding hydrogens is 218 g/mol. The van der Waals surface area contributed by atoms with Crippen molar-refractivity contribution in [1.82, 2.24) is 5.32 Å². The standard InChI is InChI=1S/C17H29N/c1-5-7-11-16(6-2)13-18-15(4)17-12-9-8-10-14(17)3/h8-10,12,15-16,18H,5-7,11,13H2,1-4H3. The van der Waals surface area contributed by atoms with Gasteiger partial charge in [0.05, 0.1) is 0 Å². The number of benzene rings is 1. The van der Waals surface area contributed by atoms with E-state index in [4.69, 9.17) is 0 Å². The molecule has 0 aliphatic carbocycles. The number of hydrogen-bond acceptors (Lipinski definition) is 1. The van der Waals surface area contributed by atoms with E-state index in [1.54, 1.807) is 0 Å². The lowest BCUT2D eigenvalue weighted by atomic mass is 9.97. The second kappa shape index (κ2) is 8.31. The number of nitrogens with one attached hydrogen (secondary N) is 1. The molecule has 0 spiro atoms. The molecule has 0 bridgehead atoms. The molecule has 102 valence electrons. The molecule has 1 nitrogen and oxygen atoms in total. The van der Waals surface area contributed by atoms with E-state index in [0.29, 0.717) is 6.04 Å². The van der Waals surface area contributed by atoms with Crippen LogP contribution in [0.25, 0.3) is 0 Å². The summed E-state index contributed by atoms with van der Waals surface area (Å²) < 4.78 is 0. The highest BCUT2D eigenvalue weighted by Crippen LogP contribution is 2.18. The van der Waals surface area contributed by atoms with Crippen LogP contribution in [0.3, 0.4) is 0 Å². The molecule has 0 saturated carbocycles. The second-order valence-corrected chi connectivity index (χ2v) is 5.40. The van der Waals surface area contributed by atoms with Crippen LogP contribution in [0.1, 0.15) is 63.6 Å². The highest BCUT2D eigenvalue weighted by Gasteiger charge is 2.10. The lowest BCUT2D eigenvalue weighted by Gasteiger charge is -2.21. The van der Waals surface area contributed by atoms with Gasteiger partial charge in [-0.25, -0.2) is 0 Å². The van der Waals surface area contributed by atoms with Crippen LogP contribution in [0.5, 0.6) is 0 Å². The minimum atomic E-state index is 0.460. The van der Waals surface area contributed by atoms with Gasteiger partial charge in [-0.3, -0.25) is 0 Å². The van der Waals surface area contributed by atoms with Gasteiger partial charge in [0, 0.05) is 6.04 Å². The van der Waals surface area contributed by atoms with Crippen LogP contribution in [0.2, 0.25) is 0 Å². The summed E-state index contributed by atoms with van der Waals surface area (Å²) >= 11 is 0. The number of hydrogen-bond donors (Lipinski definition) is 1. The van der Waals surface area contributed by atoms with Gasteiger partial charge in [-0.15, -0.1) is 0 Å². The van der Waals surface area contributed by atoms with Crippen molar-refractivity contribution in [2.75, 3.05) is 6.54 Å². The van der Waals surface area contributed by atoms with E-state index in [1.165, 1.54) is 36.8 Å². The van der Waals surface area contributed by atoms with Crippen LogP contribution in [0.4, 0.5) is 0 Å². The zero-order valence-electron chi connectivity index (χ0n) is 12.5. The van der Waals surface area contributed by atoms with Crippen molar-refractivity contribution in [3.8, 4) is 0 Å². The summed E-state index contributed by atoms with van der Waals surface area (Å²) in [7, 11) is 0. The predicted molar refractivity (Wildman–Crippen MR) is 80.9 cm³/mol. The Morgan fingerprint density at radius 3 is 2.50 bits per heavy atom. The Morgan fingerprint density at radius 1 is 1.17 bits per heavy atom. The van der Waals surface area contributed by atoms with Gasteiger partial charge in [0.15, 0.2) is 0 Å². The van der Waals surface area contributed by atoms with Crippen LogP contribution in [0.15, 0.2) is 24.3 Å². The van der Waals surface area contributed by atoms with Crippen LogP contribution in [-0.4, -0.2) is 6.54 Å². The average molecular weight is 247 g/mol. The first-order valence-corrected chi connectivity index (χ1v) is 7.47.